The van der Waals surface area contributed by atoms with Crippen molar-refractivity contribution in [3.05, 3.63) is 11.8 Å². The lowest BCUT2D eigenvalue weighted by Gasteiger charge is -2.37. The van der Waals surface area contributed by atoms with Crippen LogP contribution in [-0.4, -0.2) is 83.0 Å². The van der Waals surface area contributed by atoms with E-state index in [0.29, 0.717) is 49.6 Å². The van der Waals surface area contributed by atoms with E-state index in [1.807, 2.05) is 24.9 Å². The third-order valence-corrected chi connectivity index (χ3v) is 19.5. The Morgan fingerprint density at radius 1 is 0.743 bits per heavy atom. The van der Waals surface area contributed by atoms with E-state index in [1.54, 1.807) is 0 Å². The Labute approximate surface area is 220 Å². The summed E-state index contributed by atoms with van der Waals surface area (Å²) in [6, 6.07) is 2.47. The van der Waals surface area contributed by atoms with Crippen molar-refractivity contribution in [1.82, 2.24) is 4.90 Å². The Kier molecular flexibility index (Phi) is 15.2. The number of aliphatic hydroxyl groups is 2. The van der Waals surface area contributed by atoms with E-state index in [-0.39, 0.29) is 0 Å². The van der Waals surface area contributed by atoms with Crippen LogP contribution in [0, 0.1) is 0 Å². The molecule has 2 N–H and O–H groups in total. The molecule has 0 aliphatic rings. The van der Waals surface area contributed by atoms with Crippen molar-refractivity contribution < 1.29 is 19.7 Å². The van der Waals surface area contributed by atoms with Gasteiger partial charge in [0.1, 0.15) is 0 Å². The van der Waals surface area contributed by atoms with Crippen LogP contribution in [0.3, 0.4) is 0 Å². The van der Waals surface area contributed by atoms with Gasteiger partial charge in [0.25, 0.3) is 0 Å². The minimum atomic E-state index is -1.28. The molecule has 7 heteroatoms. The van der Waals surface area contributed by atoms with Crippen LogP contribution in [0.2, 0.25) is 48.4 Å². The van der Waals surface area contributed by atoms with Gasteiger partial charge in [-0.15, -0.1) is 0 Å². The molecule has 0 radical (unpaired) electrons. The number of hydrogen-bond acceptors (Lipinski definition) is 5. The molecular weight excluding hydrogens is 470 g/mol. The number of aliphatic hydroxyl groups excluding tert-OH is 2. The molecule has 0 aliphatic carbocycles. The molecule has 0 aliphatic heterocycles. The summed E-state index contributed by atoms with van der Waals surface area (Å²) in [7, 11) is -2.55. The van der Waals surface area contributed by atoms with Crippen molar-refractivity contribution in [3.8, 4) is 0 Å². The van der Waals surface area contributed by atoms with Crippen LogP contribution in [0.4, 0.5) is 0 Å². The fraction of sp³-hybridized carbons (Fsp3) is 0.929. The number of rotatable bonds is 17. The Bertz CT molecular complexity index is 561. The average Bonchev–Trinajstić information content (AvgIpc) is 2.64. The van der Waals surface area contributed by atoms with Gasteiger partial charge in [-0.2, -0.15) is 0 Å². The van der Waals surface area contributed by atoms with Crippen LogP contribution in [0.15, 0.2) is 11.8 Å². The van der Waals surface area contributed by atoms with Crippen LogP contribution in [0.25, 0.3) is 0 Å². The number of nitrogens with zero attached hydrogens (tertiary/aromatic N) is 1. The Balaban J connectivity index is 4.37. The van der Waals surface area contributed by atoms with Gasteiger partial charge in [0.2, 0.25) is 0 Å². The molecule has 0 aromatic carbocycles. The van der Waals surface area contributed by atoms with E-state index in [0.717, 1.165) is 18.4 Å². The molecule has 0 heterocycles. The van der Waals surface area contributed by atoms with Crippen molar-refractivity contribution in [3.63, 3.8) is 0 Å². The molecule has 2 unspecified atom stereocenters. The average molecular weight is 532 g/mol. The summed E-state index contributed by atoms with van der Waals surface area (Å²) in [6.07, 6.45) is 2.92. The molecule has 0 rings (SSSR count). The van der Waals surface area contributed by atoms with Crippen LogP contribution in [0.5, 0.6) is 0 Å². The van der Waals surface area contributed by atoms with Crippen molar-refractivity contribution in [1.29, 1.82) is 0 Å². The highest BCUT2D eigenvalue weighted by Crippen LogP contribution is 2.40. The molecule has 0 aromatic rings. The number of hydrogen-bond donors (Lipinski definition) is 2. The second-order valence-corrected chi connectivity index (χ2v) is 25.6. The monoisotopic (exact) mass is 531 g/mol. The lowest BCUT2D eigenvalue weighted by atomic mass is 10.2. The van der Waals surface area contributed by atoms with Gasteiger partial charge in [0.15, 0.2) is 0 Å². The molecule has 35 heavy (non-hydrogen) atoms. The fourth-order valence-corrected chi connectivity index (χ4v) is 7.17. The van der Waals surface area contributed by atoms with E-state index >= 15 is 0 Å². The summed E-state index contributed by atoms with van der Waals surface area (Å²) in [5.41, 5.74) is 1.13. The number of allylic oxidation sites excluding steroid dienone is 1. The van der Waals surface area contributed by atoms with Gasteiger partial charge in [-0.05, 0) is 43.0 Å². The maximum absolute atomic E-state index is 10.5. The second kappa shape index (κ2) is 15.3. The molecule has 0 fully saturated rings. The van der Waals surface area contributed by atoms with E-state index in [4.69, 9.17) is 9.47 Å². The second-order valence-electron chi connectivity index (χ2n) is 14.1. The lowest BCUT2D eigenvalue weighted by molar-refractivity contribution is 0.000622. The van der Waals surface area contributed by atoms with E-state index < -0.39 is 28.4 Å². The van der Waals surface area contributed by atoms with Gasteiger partial charge < -0.3 is 24.6 Å². The molecule has 0 amide bonds. The molecule has 2 atom stereocenters. The molecule has 5 nitrogen and oxygen atoms in total. The summed E-state index contributed by atoms with van der Waals surface area (Å²) in [4.78, 5) is 1.99. The summed E-state index contributed by atoms with van der Waals surface area (Å²) in [6.45, 7) is 30.8. The van der Waals surface area contributed by atoms with Crippen LogP contribution < -0.4 is 0 Å². The SMILES string of the molecule is CC(C)=CN(CC(O)COCCC[Si](C)(C)C(C)(C)C)CC(O)COCCC[Si](C)(C)C(C)(C)C. The van der Waals surface area contributed by atoms with Gasteiger partial charge in [0.05, 0.1) is 41.6 Å². The molecule has 0 saturated heterocycles. The van der Waals surface area contributed by atoms with E-state index in [9.17, 15) is 10.2 Å². The Morgan fingerprint density at radius 2 is 1.09 bits per heavy atom. The smallest absolute Gasteiger partial charge is 0.0947 e. The van der Waals surface area contributed by atoms with Crippen molar-refractivity contribution in [2.75, 3.05) is 39.5 Å². The molecule has 0 saturated carbocycles. The standard InChI is InChI=1S/C28H61NO4Si2/c1-24(2)19-29(20-25(30)22-32-15-13-17-34(9,10)27(3,4)5)21-26(31)23-33-16-14-18-35(11,12)28(6,7)8/h19,25-26,30-31H,13-18,20-23H2,1-12H3. The normalized spacial score (nSPS) is 15.1. The Morgan fingerprint density at radius 3 is 1.37 bits per heavy atom. The molecule has 0 aromatic heterocycles. The summed E-state index contributed by atoms with van der Waals surface area (Å²) in [5.74, 6) is 0. The third kappa shape index (κ3) is 15.0. The maximum Gasteiger partial charge on any atom is 0.0947 e. The van der Waals surface area contributed by atoms with Crippen molar-refractivity contribution in [2.24, 2.45) is 0 Å². The third-order valence-electron chi connectivity index (χ3n) is 8.19. The van der Waals surface area contributed by atoms with Gasteiger partial charge in [-0.25, -0.2) is 0 Å². The fourth-order valence-electron chi connectivity index (χ4n) is 3.61. The summed E-state index contributed by atoms with van der Waals surface area (Å²) < 4.78 is 11.6. The minimum Gasteiger partial charge on any atom is -0.389 e. The van der Waals surface area contributed by atoms with Crippen molar-refractivity contribution >= 4 is 16.1 Å². The predicted molar refractivity (Wildman–Crippen MR) is 158 cm³/mol. The highest BCUT2D eigenvalue weighted by molar-refractivity contribution is 6.80. The topological polar surface area (TPSA) is 62.2 Å². The first-order chi connectivity index (χ1) is 15.8. The van der Waals surface area contributed by atoms with Crippen LogP contribution in [0.1, 0.15) is 68.2 Å². The quantitative estimate of drug-likeness (QED) is 0.160. The van der Waals surface area contributed by atoms with Gasteiger partial charge in [0, 0.05) is 26.3 Å². The largest absolute Gasteiger partial charge is 0.389 e. The van der Waals surface area contributed by atoms with Crippen LogP contribution >= 0.6 is 0 Å². The van der Waals surface area contributed by atoms with Crippen molar-refractivity contribution in [2.45, 2.75) is 129 Å². The first-order valence-electron chi connectivity index (χ1n) is 13.7. The number of ether oxygens (including phenoxy) is 2. The van der Waals surface area contributed by atoms with E-state index in [2.05, 4.69) is 67.7 Å². The molecule has 0 bridgehead atoms. The maximum atomic E-state index is 10.5. The molecular formula is C28H61NO4Si2. The first kappa shape index (κ1) is 34.8. The van der Waals surface area contributed by atoms with E-state index in [1.165, 1.54) is 12.1 Å². The highest BCUT2D eigenvalue weighted by Gasteiger charge is 2.34. The highest BCUT2D eigenvalue weighted by atomic mass is 28.3. The van der Waals surface area contributed by atoms with Gasteiger partial charge >= 0.3 is 0 Å². The summed E-state index contributed by atoms with van der Waals surface area (Å²) >= 11 is 0. The lowest BCUT2D eigenvalue weighted by Crippen LogP contribution is -2.38. The van der Waals surface area contributed by atoms with Crippen LogP contribution in [-0.2, 0) is 9.47 Å². The first-order valence-corrected chi connectivity index (χ1v) is 20.1. The predicted octanol–water partition coefficient (Wildman–Crippen LogP) is 6.76. The van der Waals surface area contributed by atoms with Gasteiger partial charge in [-0.3, -0.25) is 0 Å². The summed E-state index contributed by atoms with van der Waals surface area (Å²) in [5, 5.41) is 21.8. The van der Waals surface area contributed by atoms with Gasteiger partial charge in [-0.1, -0.05) is 85.4 Å². The molecule has 210 valence electrons. The molecule has 0 spiro atoms. The zero-order chi connectivity index (χ0) is 27.5. The minimum absolute atomic E-state index is 0.324. The zero-order valence-electron chi connectivity index (χ0n) is 25.5. The Hall–Kier alpha value is -0.186. The zero-order valence-corrected chi connectivity index (χ0v) is 27.5.